The van der Waals surface area contributed by atoms with Crippen molar-refractivity contribution in [2.24, 2.45) is 0 Å². The fraction of sp³-hybridized carbons (Fsp3) is 0.455. The van der Waals surface area contributed by atoms with Gasteiger partial charge in [0.1, 0.15) is 0 Å². The van der Waals surface area contributed by atoms with Gasteiger partial charge in [0, 0.05) is 37.8 Å². The van der Waals surface area contributed by atoms with Crippen molar-refractivity contribution in [2.45, 2.75) is 17.9 Å². The summed E-state index contributed by atoms with van der Waals surface area (Å²) in [5.41, 5.74) is -0.118. The van der Waals surface area contributed by atoms with Crippen LogP contribution < -0.4 is 5.32 Å². The Morgan fingerprint density at radius 3 is 2.53 bits per heavy atom. The number of nitrogens with zero attached hydrogens (tertiary/aromatic N) is 2. The van der Waals surface area contributed by atoms with Gasteiger partial charge in [0.2, 0.25) is 10.0 Å². The molecule has 1 saturated heterocycles. The van der Waals surface area contributed by atoms with Crippen LogP contribution in [-0.4, -0.2) is 43.3 Å². The molecule has 0 aromatic heterocycles. The SMILES string of the molecule is C[C@H]1CN(S(=O)(=O)c2ccc([N+](=O)[O-])cc2)CCN1. The highest BCUT2D eigenvalue weighted by Gasteiger charge is 2.28. The van der Waals surface area contributed by atoms with Crippen molar-refractivity contribution in [3.8, 4) is 0 Å². The van der Waals surface area contributed by atoms with Gasteiger partial charge in [-0.05, 0) is 19.1 Å². The summed E-state index contributed by atoms with van der Waals surface area (Å²) in [6.45, 7) is 3.33. The molecule has 0 radical (unpaired) electrons. The number of non-ortho nitro benzene ring substituents is 1. The van der Waals surface area contributed by atoms with Gasteiger partial charge in [-0.2, -0.15) is 4.31 Å². The summed E-state index contributed by atoms with van der Waals surface area (Å²) in [6.07, 6.45) is 0. The second kappa shape index (κ2) is 5.24. The van der Waals surface area contributed by atoms with Crippen molar-refractivity contribution >= 4 is 15.7 Å². The van der Waals surface area contributed by atoms with E-state index in [2.05, 4.69) is 5.32 Å². The van der Waals surface area contributed by atoms with Gasteiger partial charge in [0.05, 0.1) is 9.82 Å². The normalized spacial score (nSPS) is 21.2. The van der Waals surface area contributed by atoms with Crippen LogP contribution in [0, 0.1) is 10.1 Å². The molecule has 7 nitrogen and oxygen atoms in total. The Labute approximate surface area is 111 Å². The van der Waals surface area contributed by atoms with E-state index in [1.165, 1.54) is 28.6 Å². The predicted octanol–water partition coefficient (Wildman–Crippen LogP) is 0.577. The topological polar surface area (TPSA) is 92.5 Å². The second-order valence-electron chi connectivity index (χ2n) is 4.47. The Morgan fingerprint density at radius 1 is 1.37 bits per heavy atom. The van der Waals surface area contributed by atoms with Gasteiger partial charge < -0.3 is 5.32 Å². The van der Waals surface area contributed by atoms with Gasteiger partial charge in [0.15, 0.2) is 0 Å². The van der Waals surface area contributed by atoms with Crippen molar-refractivity contribution in [3.05, 3.63) is 34.4 Å². The average Bonchev–Trinajstić information content (AvgIpc) is 2.39. The molecule has 1 aromatic rings. The van der Waals surface area contributed by atoms with Crippen LogP contribution >= 0.6 is 0 Å². The maximum absolute atomic E-state index is 12.3. The molecule has 0 bridgehead atoms. The predicted molar refractivity (Wildman–Crippen MR) is 69.3 cm³/mol. The minimum atomic E-state index is -3.57. The van der Waals surface area contributed by atoms with E-state index in [0.717, 1.165) is 0 Å². The van der Waals surface area contributed by atoms with Crippen LogP contribution in [-0.2, 0) is 10.0 Å². The Morgan fingerprint density at radius 2 is 2.00 bits per heavy atom. The first kappa shape index (κ1) is 13.9. The average molecular weight is 285 g/mol. The molecule has 1 heterocycles. The summed E-state index contributed by atoms with van der Waals surface area (Å²) in [6, 6.07) is 5.07. The lowest BCUT2D eigenvalue weighted by atomic mass is 10.3. The Bertz CT molecular complexity index is 570. The smallest absolute Gasteiger partial charge is 0.269 e. The molecule has 1 aromatic carbocycles. The molecule has 0 saturated carbocycles. The lowest BCUT2D eigenvalue weighted by molar-refractivity contribution is -0.384. The lowest BCUT2D eigenvalue weighted by Gasteiger charge is -2.30. The van der Waals surface area contributed by atoms with Crippen LogP contribution in [0.2, 0.25) is 0 Å². The Kier molecular flexibility index (Phi) is 3.83. The third kappa shape index (κ3) is 2.91. The molecule has 0 aliphatic carbocycles. The second-order valence-corrected chi connectivity index (χ2v) is 6.41. The maximum atomic E-state index is 12.3. The molecule has 104 valence electrons. The van der Waals surface area contributed by atoms with Crippen molar-refractivity contribution in [1.82, 2.24) is 9.62 Å². The number of piperazine rings is 1. The van der Waals surface area contributed by atoms with Gasteiger partial charge in [-0.15, -0.1) is 0 Å². The fourth-order valence-electron chi connectivity index (χ4n) is 2.00. The number of rotatable bonds is 3. The highest BCUT2D eigenvalue weighted by atomic mass is 32.2. The van der Waals surface area contributed by atoms with Gasteiger partial charge in [-0.25, -0.2) is 8.42 Å². The number of hydrogen-bond donors (Lipinski definition) is 1. The van der Waals surface area contributed by atoms with Crippen LogP contribution in [0.25, 0.3) is 0 Å². The number of nitrogens with one attached hydrogen (secondary N) is 1. The number of sulfonamides is 1. The minimum Gasteiger partial charge on any atom is -0.312 e. The fourth-order valence-corrected chi connectivity index (χ4v) is 3.53. The third-order valence-corrected chi connectivity index (χ3v) is 4.90. The monoisotopic (exact) mass is 285 g/mol. The highest BCUT2D eigenvalue weighted by Crippen LogP contribution is 2.20. The van der Waals surface area contributed by atoms with E-state index >= 15 is 0 Å². The highest BCUT2D eigenvalue weighted by molar-refractivity contribution is 7.89. The van der Waals surface area contributed by atoms with E-state index < -0.39 is 14.9 Å². The van der Waals surface area contributed by atoms with Crippen LogP contribution in [0.3, 0.4) is 0 Å². The number of hydrogen-bond acceptors (Lipinski definition) is 5. The van der Waals surface area contributed by atoms with Crippen LogP contribution in [0.15, 0.2) is 29.2 Å². The number of nitro groups is 1. The van der Waals surface area contributed by atoms with Gasteiger partial charge >= 0.3 is 0 Å². The molecular formula is C11H15N3O4S. The zero-order valence-electron chi connectivity index (χ0n) is 10.4. The lowest BCUT2D eigenvalue weighted by Crippen LogP contribution is -2.51. The summed E-state index contributed by atoms with van der Waals surface area (Å²) in [4.78, 5) is 10.1. The van der Waals surface area contributed by atoms with Crippen molar-refractivity contribution < 1.29 is 13.3 Å². The molecule has 19 heavy (non-hydrogen) atoms. The molecular weight excluding hydrogens is 270 g/mol. The molecule has 0 unspecified atom stereocenters. The standard InChI is InChI=1S/C11H15N3O4S/c1-9-8-13(7-6-12-9)19(17,18)11-4-2-10(3-5-11)14(15)16/h2-5,9,12H,6-8H2,1H3/t9-/m0/s1. The van der Waals surface area contributed by atoms with E-state index in [0.29, 0.717) is 19.6 Å². The molecule has 1 aliphatic heterocycles. The Hall–Kier alpha value is -1.51. The summed E-state index contributed by atoms with van der Waals surface area (Å²) < 4.78 is 26.1. The summed E-state index contributed by atoms with van der Waals surface area (Å²) in [5.74, 6) is 0. The molecule has 1 atom stereocenters. The number of benzene rings is 1. The summed E-state index contributed by atoms with van der Waals surface area (Å²) in [7, 11) is -3.57. The first-order valence-electron chi connectivity index (χ1n) is 5.89. The van der Waals surface area contributed by atoms with Crippen LogP contribution in [0.4, 0.5) is 5.69 Å². The molecule has 1 aliphatic rings. The van der Waals surface area contributed by atoms with Crippen molar-refractivity contribution in [3.63, 3.8) is 0 Å². The van der Waals surface area contributed by atoms with E-state index in [4.69, 9.17) is 0 Å². The largest absolute Gasteiger partial charge is 0.312 e. The molecule has 0 amide bonds. The van der Waals surface area contributed by atoms with Gasteiger partial charge in [-0.1, -0.05) is 0 Å². The van der Waals surface area contributed by atoms with E-state index in [-0.39, 0.29) is 16.6 Å². The molecule has 2 rings (SSSR count). The van der Waals surface area contributed by atoms with Crippen molar-refractivity contribution in [1.29, 1.82) is 0 Å². The number of nitro benzene ring substituents is 1. The molecule has 8 heteroatoms. The van der Waals surface area contributed by atoms with E-state index in [1.807, 2.05) is 6.92 Å². The Balaban J connectivity index is 2.26. The first-order valence-corrected chi connectivity index (χ1v) is 7.33. The minimum absolute atomic E-state index is 0.0900. The zero-order chi connectivity index (χ0) is 14.0. The maximum Gasteiger partial charge on any atom is 0.269 e. The van der Waals surface area contributed by atoms with Crippen LogP contribution in [0.1, 0.15) is 6.92 Å². The molecule has 1 fully saturated rings. The first-order chi connectivity index (χ1) is 8.91. The van der Waals surface area contributed by atoms with Crippen LogP contribution in [0.5, 0.6) is 0 Å². The third-order valence-electron chi connectivity index (χ3n) is 3.02. The van der Waals surface area contributed by atoms with E-state index in [9.17, 15) is 18.5 Å². The summed E-state index contributed by atoms with van der Waals surface area (Å²) >= 11 is 0. The van der Waals surface area contributed by atoms with Gasteiger partial charge in [-0.3, -0.25) is 10.1 Å². The van der Waals surface area contributed by atoms with Crippen molar-refractivity contribution in [2.75, 3.05) is 19.6 Å². The van der Waals surface area contributed by atoms with Gasteiger partial charge in [0.25, 0.3) is 5.69 Å². The summed E-state index contributed by atoms with van der Waals surface area (Å²) in [5, 5.41) is 13.7. The quantitative estimate of drug-likeness (QED) is 0.647. The zero-order valence-corrected chi connectivity index (χ0v) is 11.3. The molecule has 0 spiro atoms. The van der Waals surface area contributed by atoms with E-state index in [1.54, 1.807) is 0 Å². The molecule has 1 N–H and O–H groups in total.